The van der Waals surface area contributed by atoms with E-state index >= 15 is 0 Å². The molecule has 2 atom stereocenters. The highest BCUT2D eigenvalue weighted by Gasteiger charge is 2.34. The van der Waals surface area contributed by atoms with Crippen LogP contribution in [0.5, 0.6) is 0 Å². The van der Waals surface area contributed by atoms with E-state index < -0.39 is 0 Å². The molecule has 0 spiro atoms. The van der Waals surface area contributed by atoms with Gasteiger partial charge in [-0.05, 0) is 32.3 Å². The molecule has 0 saturated heterocycles. The van der Waals surface area contributed by atoms with Crippen molar-refractivity contribution in [1.29, 1.82) is 0 Å². The smallest absolute Gasteiger partial charge is 0.196 e. The molecule has 142 valence electrons. The maximum Gasteiger partial charge on any atom is 0.196 e. The van der Waals surface area contributed by atoms with Crippen LogP contribution in [0.25, 0.3) is 0 Å². The minimum Gasteiger partial charge on any atom is -0.397 e. The number of fused-ring (bicyclic) bond motifs is 2. The molecule has 0 saturated carbocycles. The van der Waals surface area contributed by atoms with Crippen molar-refractivity contribution in [1.82, 2.24) is 0 Å². The van der Waals surface area contributed by atoms with E-state index in [1.165, 1.54) is 0 Å². The van der Waals surface area contributed by atoms with E-state index in [0.717, 1.165) is 19.3 Å². The van der Waals surface area contributed by atoms with Crippen LogP contribution in [-0.2, 0) is 0 Å². The van der Waals surface area contributed by atoms with E-state index in [-0.39, 0.29) is 34.9 Å². The molecule has 0 aromatic heterocycles. The van der Waals surface area contributed by atoms with Crippen LogP contribution in [0.4, 0.5) is 11.4 Å². The Bertz CT molecular complexity index is 911. The lowest BCUT2D eigenvalue weighted by Gasteiger charge is -2.25. The van der Waals surface area contributed by atoms with Crippen LogP contribution in [-0.4, -0.2) is 23.7 Å². The standard InChI is InChI=1S/C21H25N3O2S/c1-3-12(22)9-8-11(2)24-15-10-16(27)19(23)18-17(15)20(25)13-6-4-5-7-14(13)21(18)26/h4-7,10-12,24,27H,3,8-9,22-23H2,1-2H3/t11?,12-/m1/s1. The zero-order chi connectivity index (χ0) is 19.7. The summed E-state index contributed by atoms with van der Waals surface area (Å²) in [5, 5.41) is 3.37. The lowest BCUT2D eigenvalue weighted by Crippen LogP contribution is -2.27. The maximum atomic E-state index is 13.1. The Morgan fingerprint density at radius 1 is 1.07 bits per heavy atom. The molecule has 2 aromatic rings. The third-order valence-corrected chi connectivity index (χ3v) is 5.48. The number of benzene rings is 2. The zero-order valence-corrected chi connectivity index (χ0v) is 16.5. The number of carbonyl (C=O) groups excluding carboxylic acids is 2. The van der Waals surface area contributed by atoms with Crippen molar-refractivity contribution in [2.45, 2.75) is 50.1 Å². The molecule has 5 N–H and O–H groups in total. The molecule has 2 aromatic carbocycles. The Hall–Kier alpha value is -2.31. The van der Waals surface area contributed by atoms with Crippen molar-refractivity contribution >= 4 is 35.6 Å². The van der Waals surface area contributed by atoms with E-state index in [4.69, 9.17) is 11.5 Å². The first-order valence-electron chi connectivity index (χ1n) is 9.21. The highest BCUT2D eigenvalue weighted by molar-refractivity contribution is 7.80. The molecule has 6 heteroatoms. The number of ketones is 2. The van der Waals surface area contributed by atoms with Gasteiger partial charge in [0, 0.05) is 33.8 Å². The van der Waals surface area contributed by atoms with Crippen molar-refractivity contribution in [2.24, 2.45) is 5.73 Å². The van der Waals surface area contributed by atoms with Gasteiger partial charge in [0.15, 0.2) is 11.6 Å². The average Bonchev–Trinajstić information content (AvgIpc) is 2.66. The van der Waals surface area contributed by atoms with Gasteiger partial charge in [-0.1, -0.05) is 31.2 Å². The summed E-state index contributed by atoms with van der Waals surface area (Å²) in [6.45, 7) is 4.10. The number of nitrogen functional groups attached to an aromatic ring is 1. The molecule has 0 bridgehead atoms. The third kappa shape index (κ3) is 3.59. The van der Waals surface area contributed by atoms with Crippen LogP contribution in [0.15, 0.2) is 35.2 Å². The minimum atomic E-state index is -0.239. The van der Waals surface area contributed by atoms with Crippen LogP contribution in [0.1, 0.15) is 65.0 Å². The van der Waals surface area contributed by atoms with Gasteiger partial charge >= 0.3 is 0 Å². The van der Waals surface area contributed by atoms with Gasteiger partial charge in [0.25, 0.3) is 0 Å². The Morgan fingerprint density at radius 2 is 1.67 bits per heavy atom. The lowest BCUT2D eigenvalue weighted by molar-refractivity contribution is 0.0980. The Balaban J connectivity index is 2.02. The van der Waals surface area contributed by atoms with Crippen LogP contribution in [0.2, 0.25) is 0 Å². The minimum absolute atomic E-state index is 0.0862. The van der Waals surface area contributed by atoms with E-state index in [1.54, 1.807) is 30.3 Å². The Morgan fingerprint density at radius 3 is 2.26 bits per heavy atom. The number of carbonyl (C=O) groups is 2. The largest absolute Gasteiger partial charge is 0.397 e. The third-order valence-electron chi connectivity index (χ3n) is 5.11. The fraction of sp³-hybridized carbons (Fsp3) is 0.333. The second kappa shape index (κ2) is 7.74. The lowest BCUT2D eigenvalue weighted by atomic mass is 9.82. The summed E-state index contributed by atoms with van der Waals surface area (Å²) >= 11 is 4.42. The van der Waals surface area contributed by atoms with Crippen molar-refractivity contribution in [2.75, 3.05) is 11.1 Å². The van der Waals surface area contributed by atoms with Gasteiger partial charge in [-0.2, -0.15) is 0 Å². The molecular weight excluding hydrogens is 358 g/mol. The first-order chi connectivity index (χ1) is 12.8. The van der Waals surface area contributed by atoms with Crippen LogP contribution < -0.4 is 16.8 Å². The van der Waals surface area contributed by atoms with Gasteiger partial charge in [0.2, 0.25) is 0 Å². The monoisotopic (exact) mass is 383 g/mol. The van der Waals surface area contributed by atoms with E-state index in [0.29, 0.717) is 27.3 Å². The number of nitrogens with two attached hydrogens (primary N) is 2. The highest BCUT2D eigenvalue weighted by Crippen LogP contribution is 2.39. The SMILES string of the molecule is CC[C@@H](N)CCC(C)Nc1cc(S)c(N)c2c1C(=O)c1ccccc1C2=O. The van der Waals surface area contributed by atoms with Gasteiger partial charge < -0.3 is 16.8 Å². The van der Waals surface area contributed by atoms with Gasteiger partial charge in [0.05, 0.1) is 16.8 Å². The van der Waals surface area contributed by atoms with Crippen LogP contribution >= 0.6 is 12.6 Å². The number of thiol groups is 1. The summed E-state index contributed by atoms with van der Waals surface area (Å²) < 4.78 is 0. The summed E-state index contributed by atoms with van der Waals surface area (Å²) in [5.41, 5.74) is 14.3. The Kier molecular flexibility index (Phi) is 5.58. The molecule has 1 unspecified atom stereocenters. The van der Waals surface area contributed by atoms with Gasteiger partial charge in [-0.3, -0.25) is 9.59 Å². The molecule has 3 rings (SSSR count). The zero-order valence-electron chi connectivity index (χ0n) is 15.6. The Labute approximate surface area is 164 Å². The van der Waals surface area contributed by atoms with Gasteiger partial charge in [-0.25, -0.2) is 0 Å². The molecular formula is C21H25N3O2S. The van der Waals surface area contributed by atoms with Crippen LogP contribution in [0, 0.1) is 0 Å². The normalized spacial score (nSPS) is 15.1. The average molecular weight is 384 g/mol. The van der Waals surface area contributed by atoms with Gasteiger partial charge in [0.1, 0.15) is 0 Å². The topological polar surface area (TPSA) is 98.2 Å². The second-order valence-electron chi connectivity index (χ2n) is 7.10. The predicted octanol–water partition coefficient (Wildman–Crippen LogP) is 3.65. The van der Waals surface area contributed by atoms with E-state index in [2.05, 4.69) is 24.9 Å². The molecule has 0 amide bonds. The highest BCUT2D eigenvalue weighted by atomic mass is 32.1. The summed E-state index contributed by atoms with van der Waals surface area (Å²) in [6, 6.07) is 8.81. The first-order valence-corrected chi connectivity index (χ1v) is 9.65. The van der Waals surface area contributed by atoms with Crippen molar-refractivity contribution in [3.05, 3.63) is 52.6 Å². The van der Waals surface area contributed by atoms with Crippen molar-refractivity contribution in [3.8, 4) is 0 Å². The maximum absolute atomic E-state index is 13.1. The molecule has 1 aliphatic carbocycles. The van der Waals surface area contributed by atoms with E-state index in [9.17, 15) is 9.59 Å². The second-order valence-corrected chi connectivity index (χ2v) is 7.58. The van der Waals surface area contributed by atoms with E-state index in [1.807, 2.05) is 6.92 Å². The summed E-state index contributed by atoms with van der Waals surface area (Å²) in [7, 11) is 0. The number of hydrogen-bond acceptors (Lipinski definition) is 6. The number of rotatable bonds is 6. The fourth-order valence-corrected chi connectivity index (χ4v) is 3.66. The van der Waals surface area contributed by atoms with Crippen LogP contribution in [0.3, 0.4) is 0 Å². The summed E-state index contributed by atoms with van der Waals surface area (Å²) in [6.07, 6.45) is 2.66. The van der Waals surface area contributed by atoms with Crippen molar-refractivity contribution in [3.63, 3.8) is 0 Å². The predicted molar refractivity (Wildman–Crippen MR) is 112 cm³/mol. The molecule has 27 heavy (non-hydrogen) atoms. The molecule has 5 nitrogen and oxygen atoms in total. The van der Waals surface area contributed by atoms with Crippen molar-refractivity contribution < 1.29 is 9.59 Å². The first kappa shape index (κ1) is 19.5. The number of nitrogens with one attached hydrogen (secondary N) is 1. The summed E-state index contributed by atoms with van der Waals surface area (Å²) in [4.78, 5) is 26.6. The molecule has 1 aliphatic rings. The molecule has 0 radical (unpaired) electrons. The number of hydrogen-bond donors (Lipinski definition) is 4. The fourth-order valence-electron chi connectivity index (χ4n) is 3.42. The van der Waals surface area contributed by atoms with Gasteiger partial charge in [-0.15, -0.1) is 12.6 Å². The molecule has 0 heterocycles. The molecule has 0 fully saturated rings. The molecule has 0 aliphatic heterocycles. The number of anilines is 2. The quantitative estimate of drug-likeness (QED) is 0.385. The summed E-state index contributed by atoms with van der Waals surface area (Å²) in [5.74, 6) is -0.433.